The average Bonchev–Trinajstić information content (AvgIpc) is 2.46. The average molecular weight is 378 g/mol. The smallest absolute Gasteiger partial charge is 0.315 e. The first-order valence-corrected chi connectivity index (χ1v) is 8.27. The molecular formula is C14H17BrFNO3S. The van der Waals surface area contributed by atoms with Crippen molar-refractivity contribution in [2.75, 3.05) is 12.4 Å². The summed E-state index contributed by atoms with van der Waals surface area (Å²) in [6, 6.07) is 2.06. The summed E-state index contributed by atoms with van der Waals surface area (Å²) in [5, 5.41) is 11.0. The number of thiol groups is 1. The third-order valence-corrected chi connectivity index (χ3v) is 5.22. The minimum atomic E-state index is -0.664. The van der Waals surface area contributed by atoms with Crippen LogP contribution in [0.15, 0.2) is 16.6 Å². The molecular weight excluding hydrogens is 361 g/mol. The molecule has 1 saturated carbocycles. The maximum absolute atomic E-state index is 13.3. The van der Waals surface area contributed by atoms with E-state index in [2.05, 4.69) is 28.6 Å². The second kappa shape index (κ2) is 6.96. The maximum Gasteiger partial charge on any atom is 0.315 e. The van der Waals surface area contributed by atoms with Crippen LogP contribution < -0.4 is 4.74 Å². The molecule has 116 valence electrons. The van der Waals surface area contributed by atoms with Crippen LogP contribution >= 0.6 is 28.6 Å². The first-order valence-electron chi connectivity index (χ1n) is 6.84. The van der Waals surface area contributed by atoms with Gasteiger partial charge in [-0.25, -0.2) is 4.39 Å². The van der Waals surface area contributed by atoms with Crippen LogP contribution in [0.5, 0.6) is 5.75 Å². The van der Waals surface area contributed by atoms with Gasteiger partial charge in [0.2, 0.25) is 5.75 Å². The molecule has 21 heavy (non-hydrogen) atoms. The van der Waals surface area contributed by atoms with Gasteiger partial charge in [0.1, 0.15) is 5.82 Å². The van der Waals surface area contributed by atoms with Crippen LogP contribution in [0.3, 0.4) is 0 Å². The summed E-state index contributed by atoms with van der Waals surface area (Å²) in [6.45, 7) is 0.363. The van der Waals surface area contributed by atoms with Gasteiger partial charge in [-0.1, -0.05) is 19.3 Å². The third-order valence-electron chi connectivity index (χ3n) is 3.96. The molecule has 1 fully saturated rings. The fourth-order valence-corrected chi connectivity index (χ4v) is 3.64. The Hall–Kier alpha value is -0.820. The summed E-state index contributed by atoms with van der Waals surface area (Å²) >= 11 is 7.56. The molecule has 0 bridgehead atoms. The van der Waals surface area contributed by atoms with Crippen LogP contribution in [0.25, 0.3) is 0 Å². The zero-order valence-corrected chi connectivity index (χ0v) is 14.0. The van der Waals surface area contributed by atoms with Gasteiger partial charge >= 0.3 is 5.69 Å². The van der Waals surface area contributed by atoms with E-state index in [0.29, 0.717) is 12.4 Å². The molecule has 0 aliphatic heterocycles. The number of halogens is 2. The van der Waals surface area contributed by atoms with Crippen LogP contribution in [-0.2, 0) is 0 Å². The largest absolute Gasteiger partial charge is 0.485 e. The summed E-state index contributed by atoms with van der Waals surface area (Å²) in [4.78, 5) is 10.4. The van der Waals surface area contributed by atoms with Gasteiger partial charge in [0, 0.05) is 5.41 Å². The Balaban J connectivity index is 2.21. The van der Waals surface area contributed by atoms with E-state index in [0.717, 1.165) is 31.7 Å². The highest BCUT2D eigenvalue weighted by atomic mass is 79.9. The van der Waals surface area contributed by atoms with Crippen molar-refractivity contribution in [1.82, 2.24) is 0 Å². The Kier molecular flexibility index (Phi) is 5.48. The lowest BCUT2D eigenvalue weighted by Gasteiger charge is -2.35. The number of benzene rings is 1. The topological polar surface area (TPSA) is 52.4 Å². The number of hydrogen-bond acceptors (Lipinski definition) is 4. The number of hydrogen-bond donors (Lipinski definition) is 1. The van der Waals surface area contributed by atoms with Crippen LogP contribution in [0.2, 0.25) is 0 Å². The van der Waals surface area contributed by atoms with Gasteiger partial charge in [0.05, 0.1) is 22.1 Å². The number of rotatable bonds is 5. The Labute approximate surface area is 136 Å². The van der Waals surface area contributed by atoms with Gasteiger partial charge in [0.25, 0.3) is 0 Å². The Morgan fingerprint density at radius 3 is 2.62 bits per heavy atom. The van der Waals surface area contributed by atoms with Gasteiger partial charge in [-0.3, -0.25) is 10.1 Å². The van der Waals surface area contributed by atoms with Gasteiger partial charge in [0.15, 0.2) is 0 Å². The van der Waals surface area contributed by atoms with E-state index < -0.39 is 10.7 Å². The molecule has 7 heteroatoms. The number of nitrogens with zero attached hydrogens (tertiary/aromatic N) is 1. The highest BCUT2D eigenvalue weighted by molar-refractivity contribution is 9.10. The zero-order valence-electron chi connectivity index (χ0n) is 11.5. The standard InChI is InChI=1S/C14H17BrFNO3S/c15-11-6-10(16)7-12(17(18)19)13(11)20-8-14(9-21)4-2-1-3-5-14/h6-7,21H,1-5,8-9H2. The molecule has 2 rings (SSSR count). The van der Waals surface area contributed by atoms with Gasteiger partial charge in [-0.2, -0.15) is 12.6 Å². The monoisotopic (exact) mass is 377 g/mol. The quantitative estimate of drug-likeness (QED) is 0.457. The normalized spacial score (nSPS) is 17.5. The van der Waals surface area contributed by atoms with Crippen LogP contribution in [-0.4, -0.2) is 17.3 Å². The van der Waals surface area contributed by atoms with E-state index in [1.807, 2.05) is 0 Å². The summed E-state index contributed by atoms with van der Waals surface area (Å²) in [7, 11) is 0. The van der Waals surface area contributed by atoms with Crippen molar-refractivity contribution in [2.45, 2.75) is 32.1 Å². The molecule has 0 aromatic heterocycles. The van der Waals surface area contributed by atoms with E-state index in [1.54, 1.807) is 0 Å². The van der Waals surface area contributed by atoms with Crippen LogP contribution in [0.4, 0.5) is 10.1 Å². The molecule has 1 aromatic carbocycles. The minimum Gasteiger partial charge on any atom is -0.485 e. The lowest BCUT2D eigenvalue weighted by Crippen LogP contribution is -2.33. The summed E-state index contributed by atoms with van der Waals surface area (Å²) in [6.07, 6.45) is 5.45. The molecule has 0 heterocycles. The predicted molar refractivity (Wildman–Crippen MR) is 85.6 cm³/mol. The van der Waals surface area contributed by atoms with E-state index in [4.69, 9.17) is 4.74 Å². The van der Waals surface area contributed by atoms with Crippen molar-refractivity contribution in [1.29, 1.82) is 0 Å². The molecule has 0 saturated heterocycles. The molecule has 0 N–H and O–H groups in total. The number of nitro benzene ring substituents is 1. The molecule has 0 spiro atoms. The first-order chi connectivity index (χ1) is 9.97. The molecule has 0 unspecified atom stereocenters. The van der Waals surface area contributed by atoms with E-state index >= 15 is 0 Å². The fraction of sp³-hybridized carbons (Fsp3) is 0.571. The van der Waals surface area contributed by atoms with E-state index in [-0.39, 0.29) is 21.3 Å². The van der Waals surface area contributed by atoms with Crippen molar-refractivity contribution in [2.24, 2.45) is 5.41 Å². The molecule has 0 atom stereocenters. The molecule has 0 amide bonds. The Morgan fingerprint density at radius 2 is 2.05 bits per heavy atom. The van der Waals surface area contributed by atoms with Crippen molar-refractivity contribution in [3.05, 3.63) is 32.5 Å². The van der Waals surface area contributed by atoms with E-state index in [9.17, 15) is 14.5 Å². The predicted octanol–water partition coefficient (Wildman–Crippen LogP) is 4.76. The number of nitro groups is 1. The summed E-state index contributed by atoms with van der Waals surface area (Å²) in [5.41, 5.74) is -0.407. The van der Waals surface area contributed by atoms with Crippen molar-refractivity contribution < 1.29 is 14.1 Å². The molecule has 1 aromatic rings. The maximum atomic E-state index is 13.3. The number of ether oxygens (including phenoxy) is 1. The molecule has 4 nitrogen and oxygen atoms in total. The van der Waals surface area contributed by atoms with Crippen molar-refractivity contribution in [3.8, 4) is 5.75 Å². The van der Waals surface area contributed by atoms with E-state index in [1.165, 1.54) is 12.5 Å². The lowest BCUT2D eigenvalue weighted by molar-refractivity contribution is -0.386. The lowest BCUT2D eigenvalue weighted by atomic mass is 9.76. The summed E-state index contributed by atoms with van der Waals surface area (Å²) < 4.78 is 19.3. The minimum absolute atomic E-state index is 0.0525. The highest BCUT2D eigenvalue weighted by Crippen LogP contribution is 2.41. The van der Waals surface area contributed by atoms with Crippen LogP contribution in [0.1, 0.15) is 32.1 Å². The third kappa shape index (κ3) is 3.88. The van der Waals surface area contributed by atoms with Gasteiger partial charge < -0.3 is 4.74 Å². The van der Waals surface area contributed by atoms with Crippen LogP contribution in [0, 0.1) is 21.3 Å². The van der Waals surface area contributed by atoms with Crippen molar-refractivity contribution >= 4 is 34.2 Å². The Morgan fingerprint density at radius 1 is 1.38 bits per heavy atom. The fourth-order valence-electron chi connectivity index (χ4n) is 2.70. The first kappa shape index (κ1) is 16.5. The Bertz CT molecular complexity index is 535. The SMILES string of the molecule is O=[N+]([O-])c1cc(F)cc(Br)c1OCC1(CS)CCCCC1. The zero-order chi connectivity index (χ0) is 15.5. The second-order valence-electron chi connectivity index (χ2n) is 5.50. The molecule has 1 aliphatic rings. The molecule has 0 radical (unpaired) electrons. The second-order valence-corrected chi connectivity index (χ2v) is 6.67. The molecule has 1 aliphatic carbocycles. The van der Waals surface area contributed by atoms with Gasteiger partial charge in [-0.05, 0) is 40.6 Å². The van der Waals surface area contributed by atoms with Crippen molar-refractivity contribution in [3.63, 3.8) is 0 Å². The van der Waals surface area contributed by atoms with Gasteiger partial charge in [-0.15, -0.1) is 0 Å². The summed E-state index contributed by atoms with van der Waals surface area (Å²) in [5.74, 6) is 0.107. The highest BCUT2D eigenvalue weighted by Gasteiger charge is 2.33.